The Morgan fingerprint density at radius 2 is 1.95 bits per heavy atom. The van der Waals surface area contributed by atoms with Crippen molar-refractivity contribution in [1.82, 2.24) is 5.32 Å². The van der Waals surface area contributed by atoms with Crippen LogP contribution in [0, 0.1) is 0 Å². The second-order valence-electron chi connectivity index (χ2n) is 5.74. The van der Waals surface area contributed by atoms with Crippen LogP contribution < -0.4 is 15.0 Å². The molecule has 2 rings (SSSR count). The number of amides is 1. The summed E-state index contributed by atoms with van der Waals surface area (Å²) >= 11 is 5.80. The summed E-state index contributed by atoms with van der Waals surface area (Å²) < 4.78 is 11.2. The van der Waals surface area contributed by atoms with E-state index in [1.54, 1.807) is 12.1 Å². The summed E-state index contributed by atoms with van der Waals surface area (Å²) in [5.41, 5.74) is 0. The van der Waals surface area contributed by atoms with Gasteiger partial charge in [0, 0.05) is 5.02 Å². The maximum absolute atomic E-state index is 11.9. The molecule has 1 aliphatic rings. The number of rotatable bonds is 6. The fraction of sp³-hybridized carbons (Fsp3) is 0.562. The van der Waals surface area contributed by atoms with E-state index in [0.717, 1.165) is 18.8 Å². The van der Waals surface area contributed by atoms with Gasteiger partial charge >= 0.3 is 0 Å². The summed E-state index contributed by atoms with van der Waals surface area (Å²) in [5, 5.41) is 3.57. The second kappa shape index (κ2) is 8.36. The predicted octanol–water partition coefficient (Wildman–Crippen LogP) is 0.527. The quantitative estimate of drug-likeness (QED) is 0.749. The van der Waals surface area contributed by atoms with Crippen LogP contribution in [0.15, 0.2) is 24.3 Å². The molecule has 1 heterocycles. The van der Waals surface area contributed by atoms with E-state index in [9.17, 15) is 4.79 Å². The van der Waals surface area contributed by atoms with Crippen LogP contribution in [-0.2, 0) is 9.53 Å². The first-order chi connectivity index (χ1) is 10.5. The van der Waals surface area contributed by atoms with Gasteiger partial charge in [-0.15, -0.1) is 0 Å². The molecule has 5 nitrogen and oxygen atoms in total. The third-order valence-electron chi connectivity index (χ3n) is 3.53. The highest BCUT2D eigenvalue weighted by molar-refractivity contribution is 6.30. The molecule has 0 spiro atoms. The maximum Gasteiger partial charge on any atom is 0.275 e. The Labute approximate surface area is 136 Å². The Morgan fingerprint density at radius 3 is 2.59 bits per heavy atom. The standard InChI is InChI=1S/C16H23ClN2O3/c1-12-9-19(10-13(2)22-12)11-16(20)18-7-8-21-15-5-3-14(17)4-6-15/h3-6,12-13H,7-11H2,1-2H3,(H,18,20)/p+1/t12-,13-/m1/s1. The summed E-state index contributed by atoms with van der Waals surface area (Å²) in [6.45, 7) is 7.27. The molecule has 2 N–H and O–H groups in total. The van der Waals surface area contributed by atoms with E-state index in [1.807, 2.05) is 26.0 Å². The molecule has 0 unspecified atom stereocenters. The number of quaternary nitrogens is 1. The zero-order valence-electron chi connectivity index (χ0n) is 13.1. The summed E-state index contributed by atoms with van der Waals surface area (Å²) in [7, 11) is 0. The van der Waals surface area contributed by atoms with Gasteiger partial charge in [-0.2, -0.15) is 0 Å². The highest BCUT2D eigenvalue weighted by Crippen LogP contribution is 2.14. The van der Waals surface area contributed by atoms with Crippen LogP contribution in [0.4, 0.5) is 0 Å². The topological polar surface area (TPSA) is 52.0 Å². The van der Waals surface area contributed by atoms with E-state index in [4.69, 9.17) is 21.1 Å². The molecular weight excluding hydrogens is 304 g/mol. The number of hydrogen-bond acceptors (Lipinski definition) is 3. The second-order valence-corrected chi connectivity index (χ2v) is 6.18. The van der Waals surface area contributed by atoms with Gasteiger partial charge in [0.1, 0.15) is 37.7 Å². The zero-order valence-corrected chi connectivity index (χ0v) is 13.9. The minimum atomic E-state index is 0.0519. The van der Waals surface area contributed by atoms with Gasteiger partial charge in [-0.1, -0.05) is 11.6 Å². The zero-order chi connectivity index (χ0) is 15.9. The van der Waals surface area contributed by atoms with Gasteiger partial charge in [0.05, 0.1) is 6.54 Å². The van der Waals surface area contributed by atoms with E-state index < -0.39 is 0 Å². The van der Waals surface area contributed by atoms with Crippen LogP contribution in [0.3, 0.4) is 0 Å². The van der Waals surface area contributed by atoms with Gasteiger partial charge in [0.15, 0.2) is 6.54 Å². The third kappa shape index (κ3) is 5.83. The normalized spacial score (nSPS) is 24.8. The first-order valence-corrected chi connectivity index (χ1v) is 8.05. The molecule has 1 amide bonds. The number of carbonyl (C=O) groups is 1. The van der Waals surface area contributed by atoms with Crippen molar-refractivity contribution in [2.75, 3.05) is 32.8 Å². The number of carbonyl (C=O) groups excluding carboxylic acids is 1. The van der Waals surface area contributed by atoms with Crippen LogP contribution in [0.2, 0.25) is 5.02 Å². The van der Waals surface area contributed by atoms with E-state index in [0.29, 0.717) is 24.7 Å². The SMILES string of the molecule is C[C@@H]1C[NH+](CC(=O)NCCOc2ccc(Cl)cc2)C[C@@H](C)O1. The first kappa shape index (κ1) is 17.1. The van der Waals surface area contributed by atoms with Crippen molar-refractivity contribution in [3.63, 3.8) is 0 Å². The Morgan fingerprint density at radius 1 is 1.32 bits per heavy atom. The molecule has 0 saturated carbocycles. The molecule has 6 heteroatoms. The Hall–Kier alpha value is -1.30. The number of halogens is 1. The van der Waals surface area contributed by atoms with Crippen LogP contribution in [0.1, 0.15) is 13.8 Å². The lowest BCUT2D eigenvalue weighted by Gasteiger charge is -2.31. The molecule has 1 fully saturated rings. The lowest BCUT2D eigenvalue weighted by atomic mass is 10.2. The van der Waals surface area contributed by atoms with E-state index >= 15 is 0 Å². The fourth-order valence-corrected chi connectivity index (χ4v) is 2.84. The molecule has 0 bridgehead atoms. The third-order valence-corrected chi connectivity index (χ3v) is 3.79. The van der Waals surface area contributed by atoms with Crippen molar-refractivity contribution < 1.29 is 19.2 Å². The lowest BCUT2D eigenvalue weighted by Crippen LogP contribution is -3.16. The summed E-state index contributed by atoms with van der Waals surface area (Å²) in [6.07, 6.45) is 0.416. The summed E-state index contributed by atoms with van der Waals surface area (Å²) in [5.74, 6) is 0.802. The van der Waals surface area contributed by atoms with Gasteiger partial charge in [0.2, 0.25) is 0 Å². The number of ether oxygens (including phenoxy) is 2. The number of morpholine rings is 1. The first-order valence-electron chi connectivity index (χ1n) is 7.67. The number of nitrogens with one attached hydrogen (secondary N) is 2. The molecule has 22 heavy (non-hydrogen) atoms. The molecule has 1 aromatic carbocycles. The number of benzene rings is 1. The smallest absolute Gasteiger partial charge is 0.275 e. The molecule has 122 valence electrons. The largest absolute Gasteiger partial charge is 0.492 e. The maximum atomic E-state index is 11.9. The predicted molar refractivity (Wildman–Crippen MR) is 85.5 cm³/mol. The van der Waals surface area contributed by atoms with Crippen molar-refractivity contribution in [2.24, 2.45) is 0 Å². The van der Waals surface area contributed by atoms with Gasteiger partial charge in [-0.25, -0.2) is 0 Å². The minimum Gasteiger partial charge on any atom is -0.492 e. The Bertz CT molecular complexity index is 471. The van der Waals surface area contributed by atoms with Gasteiger partial charge < -0.3 is 19.7 Å². The van der Waals surface area contributed by atoms with Crippen molar-refractivity contribution in [3.8, 4) is 5.75 Å². The molecule has 0 aromatic heterocycles. The highest BCUT2D eigenvalue weighted by Gasteiger charge is 2.26. The van der Waals surface area contributed by atoms with E-state index in [-0.39, 0.29) is 18.1 Å². The van der Waals surface area contributed by atoms with Crippen LogP contribution in [0.5, 0.6) is 5.75 Å². The summed E-state index contributed by atoms with van der Waals surface area (Å²) in [4.78, 5) is 13.2. The fourth-order valence-electron chi connectivity index (χ4n) is 2.71. The molecule has 1 aliphatic heterocycles. The van der Waals surface area contributed by atoms with Gasteiger partial charge in [0.25, 0.3) is 5.91 Å². The monoisotopic (exact) mass is 327 g/mol. The molecule has 1 saturated heterocycles. The number of hydrogen-bond donors (Lipinski definition) is 2. The van der Waals surface area contributed by atoms with Gasteiger partial charge in [-0.3, -0.25) is 4.79 Å². The van der Waals surface area contributed by atoms with Crippen LogP contribution in [0.25, 0.3) is 0 Å². The molecule has 0 aliphatic carbocycles. The van der Waals surface area contributed by atoms with Crippen molar-refractivity contribution in [3.05, 3.63) is 29.3 Å². The van der Waals surface area contributed by atoms with Crippen molar-refractivity contribution in [1.29, 1.82) is 0 Å². The average Bonchev–Trinajstić information content (AvgIpc) is 2.44. The van der Waals surface area contributed by atoms with Crippen molar-refractivity contribution >= 4 is 17.5 Å². The van der Waals surface area contributed by atoms with Crippen LogP contribution >= 0.6 is 11.6 Å². The lowest BCUT2D eigenvalue weighted by molar-refractivity contribution is -0.907. The molecule has 0 radical (unpaired) electrons. The minimum absolute atomic E-state index is 0.0519. The molecule has 1 aromatic rings. The Balaban J connectivity index is 1.62. The van der Waals surface area contributed by atoms with E-state index in [2.05, 4.69) is 5.32 Å². The van der Waals surface area contributed by atoms with Gasteiger partial charge in [-0.05, 0) is 38.1 Å². The highest BCUT2D eigenvalue weighted by atomic mass is 35.5. The average molecular weight is 328 g/mol. The molecular formula is C16H24ClN2O3+. The summed E-state index contributed by atoms with van der Waals surface area (Å²) in [6, 6.07) is 7.18. The van der Waals surface area contributed by atoms with Crippen molar-refractivity contribution in [2.45, 2.75) is 26.1 Å². The Kier molecular flexibility index (Phi) is 6.49. The molecule has 2 atom stereocenters. The van der Waals surface area contributed by atoms with Crippen LogP contribution in [-0.4, -0.2) is 50.9 Å². The van der Waals surface area contributed by atoms with E-state index in [1.165, 1.54) is 4.90 Å².